The lowest BCUT2D eigenvalue weighted by atomic mass is 9.93. The third kappa shape index (κ3) is 6.68. The van der Waals surface area contributed by atoms with Gasteiger partial charge in [-0.25, -0.2) is 15.0 Å². The van der Waals surface area contributed by atoms with Crippen molar-refractivity contribution < 1.29 is 0 Å². The zero-order valence-corrected chi connectivity index (χ0v) is 32.7. The van der Waals surface area contributed by atoms with E-state index in [0.29, 0.717) is 17.5 Å². The van der Waals surface area contributed by atoms with Crippen LogP contribution in [0.5, 0.6) is 0 Å². The molecule has 0 spiro atoms. The minimum atomic E-state index is 0.626. The average Bonchev–Trinajstić information content (AvgIpc) is 3.33. The molecule has 0 aliphatic carbocycles. The fourth-order valence-corrected chi connectivity index (χ4v) is 8.42. The lowest BCUT2D eigenvalue weighted by Gasteiger charge is -2.14. The van der Waals surface area contributed by atoms with Crippen LogP contribution in [-0.4, -0.2) is 15.0 Å². The summed E-state index contributed by atoms with van der Waals surface area (Å²) in [5.74, 6) is 1.88. The van der Waals surface area contributed by atoms with Crippen LogP contribution in [0.25, 0.3) is 111 Å². The Kier molecular flexibility index (Phi) is 8.83. The Hall–Kier alpha value is -8.01. The summed E-state index contributed by atoms with van der Waals surface area (Å²) in [4.78, 5) is 15.7. The summed E-state index contributed by atoms with van der Waals surface area (Å²) < 4.78 is 0. The van der Waals surface area contributed by atoms with Crippen molar-refractivity contribution in [1.82, 2.24) is 15.0 Å². The molecule has 0 radical (unpaired) electrons. The highest BCUT2D eigenvalue weighted by atomic mass is 15.0. The highest BCUT2D eigenvalue weighted by Gasteiger charge is 2.17. The topological polar surface area (TPSA) is 38.7 Å². The van der Waals surface area contributed by atoms with Gasteiger partial charge in [0.25, 0.3) is 0 Å². The minimum Gasteiger partial charge on any atom is -0.208 e. The van der Waals surface area contributed by atoms with Gasteiger partial charge in [0.1, 0.15) is 0 Å². The minimum absolute atomic E-state index is 0.626. The van der Waals surface area contributed by atoms with Gasteiger partial charge in [0.05, 0.1) is 0 Å². The summed E-state index contributed by atoms with van der Waals surface area (Å²) in [5, 5.41) is 7.00. The molecule has 3 heteroatoms. The van der Waals surface area contributed by atoms with Gasteiger partial charge in [0, 0.05) is 16.7 Å². The van der Waals surface area contributed by atoms with Crippen LogP contribution >= 0.6 is 0 Å². The summed E-state index contributed by atoms with van der Waals surface area (Å²) in [5.41, 5.74) is 12.1. The Morgan fingerprint density at radius 3 is 1.35 bits per heavy atom. The first-order valence-electron chi connectivity index (χ1n) is 20.3. The van der Waals surface area contributed by atoms with E-state index in [-0.39, 0.29) is 0 Å². The molecule has 60 heavy (non-hydrogen) atoms. The van der Waals surface area contributed by atoms with Crippen molar-refractivity contribution in [3.8, 4) is 78.7 Å². The van der Waals surface area contributed by atoms with Crippen molar-refractivity contribution in [2.24, 2.45) is 0 Å². The zero-order chi connectivity index (χ0) is 39.8. The van der Waals surface area contributed by atoms with Gasteiger partial charge in [-0.2, -0.15) is 0 Å². The first kappa shape index (κ1) is 35.2. The van der Waals surface area contributed by atoms with Crippen molar-refractivity contribution in [3.63, 3.8) is 0 Å². The molecule has 0 aliphatic heterocycles. The number of benzene rings is 10. The van der Waals surface area contributed by atoms with E-state index in [0.717, 1.165) is 55.1 Å². The fraction of sp³-hybridized carbons (Fsp3) is 0. The van der Waals surface area contributed by atoms with Gasteiger partial charge in [-0.3, -0.25) is 0 Å². The predicted octanol–water partition coefficient (Wildman–Crippen LogP) is 15.0. The summed E-state index contributed by atoms with van der Waals surface area (Å²) in [7, 11) is 0. The molecular formula is C57H37N3. The molecule has 0 unspecified atom stereocenters. The Labute approximate surface area is 349 Å². The maximum atomic E-state index is 5.27. The van der Waals surface area contributed by atoms with Crippen molar-refractivity contribution in [1.29, 1.82) is 0 Å². The molecule has 1 heterocycles. The zero-order valence-electron chi connectivity index (χ0n) is 32.7. The van der Waals surface area contributed by atoms with E-state index in [2.05, 4.69) is 218 Å². The van der Waals surface area contributed by atoms with Crippen LogP contribution in [0.3, 0.4) is 0 Å². The molecule has 280 valence electrons. The molecule has 1 aromatic heterocycles. The second-order valence-corrected chi connectivity index (χ2v) is 15.2. The van der Waals surface area contributed by atoms with Crippen molar-refractivity contribution >= 4 is 32.3 Å². The molecular weight excluding hydrogens is 727 g/mol. The first-order chi connectivity index (χ1) is 29.7. The normalized spacial score (nSPS) is 11.3. The third-order valence-electron chi connectivity index (χ3n) is 11.5. The maximum absolute atomic E-state index is 5.27. The van der Waals surface area contributed by atoms with E-state index in [4.69, 9.17) is 15.0 Å². The Morgan fingerprint density at radius 2 is 0.633 bits per heavy atom. The molecule has 0 atom stereocenters. The first-order valence-corrected chi connectivity index (χ1v) is 20.3. The number of fused-ring (bicyclic) bond motifs is 3. The number of aromatic nitrogens is 3. The average molecular weight is 764 g/mol. The molecule has 0 saturated carbocycles. The Bertz CT molecular complexity index is 3370. The van der Waals surface area contributed by atoms with Gasteiger partial charge in [-0.1, -0.05) is 188 Å². The Morgan fingerprint density at radius 1 is 0.200 bits per heavy atom. The number of nitrogens with zero attached hydrogens (tertiary/aromatic N) is 3. The molecule has 10 aromatic carbocycles. The van der Waals surface area contributed by atoms with Crippen LogP contribution in [0.15, 0.2) is 224 Å². The molecule has 11 rings (SSSR count). The maximum Gasteiger partial charge on any atom is 0.164 e. The predicted molar refractivity (Wildman–Crippen MR) is 250 cm³/mol. The van der Waals surface area contributed by atoms with Crippen molar-refractivity contribution in [2.75, 3.05) is 0 Å². The van der Waals surface area contributed by atoms with E-state index in [1.807, 2.05) is 6.07 Å². The van der Waals surface area contributed by atoms with Crippen LogP contribution in [0.4, 0.5) is 0 Å². The highest BCUT2D eigenvalue weighted by Crippen LogP contribution is 2.38. The van der Waals surface area contributed by atoms with Gasteiger partial charge in [0.2, 0.25) is 0 Å². The lowest BCUT2D eigenvalue weighted by Crippen LogP contribution is -2.01. The molecule has 0 bridgehead atoms. The summed E-state index contributed by atoms with van der Waals surface area (Å²) >= 11 is 0. The number of hydrogen-bond acceptors (Lipinski definition) is 3. The van der Waals surface area contributed by atoms with Crippen LogP contribution in [0.1, 0.15) is 0 Å². The van der Waals surface area contributed by atoms with Crippen molar-refractivity contribution in [2.45, 2.75) is 0 Å². The smallest absolute Gasteiger partial charge is 0.164 e. The van der Waals surface area contributed by atoms with Gasteiger partial charge >= 0.3 is 0 Å². The Balaban J connectivity index is 1.06. The van der Waals surface area contributed by atoms with E-state index in [9.17, 15) is 0 Å². The van der Waals surface area contributed by atoms with Crippen LogP contribution in [0.2, 0.25) is 0 Å². The quantitative estimate of drug-likeness (QED) is 0.162. The summed E-state index contributed by atoms with van der Waals surface area (Å²) in [6.07, 6.45) is 0. The molecule has 3 nitrogen and oxygen atoms in total. The number of hydrogen-bond donors (Lipinski definition) is 0. The van der Waals surface area contributed by atoms with Crippen molar-refractivity contribution in [3.05, 3.63) is 224 Å². The van der Waals surface area contributed by atoms with Crippen LogP contribution < -0.4 is 0 Å². The van der Waals surface area contributed by atoms with Gasteiger partial charge < -0.3 is 0 Å². The van der Waals surface area contributed by atoms with E-state index < -0.39 is 0 Å². The molecule has 11 aromatic rings. The van der Waals surface area contributed by atoms with Crippen LogP contribution in [-0.2, 0) is 0 Å². The van der Waals surface area contributed by atoms with Gasteiger partial charge in [-0.05, 0) is 113 Å². The largest absolute Gasteiger partial charge is 0.208 e. The monoisotopic (exact) mass is 763 g/mol. The molecule has 0 aliphatic rings. The lowest BCUT2D eigenvalue weighted by molar-refractivity contribution is 1.08. The highest BCUT2D eigenvalue weighted by molar-refractivity contribution is 6.02. The van der Waals surface area contributed by atoms with E-state index in [1.165, 1.54) is 38.4 Å². The van der Waals surface area contributed by atoms with Gasteiger partial charge in [-0.15, -0.1) is 0 Å². The second kappa shape index (κ2) is 15.1. The van der Waals surface area contributed by atoms with E-state index in [1.54, 1.807) is 0 Å². The van der Waals surface area contributed by atoms with E-state index >= 15 is 0 Å². The second-order valence-electron chi connectivity index (χ2n) is 15.2. The van der Waals surface area contributed by atoms with Gasteiger partial charge in [0.15, 0.2) is 17.5 Å². The standard InChI is InChI=1S/C57H37N3/c1-3-14-38(15-4-1)42-21-13-22-48(34-42)55-58-56(49-31-28-43-33-46(30-27-44(43)35-49)52-24-12-11-23-51(52)40-17-5-2-6-18-40)60-57(59-55)50-36-45-20-9-10-25-53(45)54(37-50)47-29-26-39-16-7-8-19-41(39)32-47/h1-37H. The summed E-state index contributed by atoms with van der Waals surface area (Å²) in [6.45, 7) is 0. The molecule has 0 N–H and O–H groups in total. The fourth-order valence-electron chi connectivity index (χ4n) is 8.42. The number of rotatable bonds is 7. The molecule has 0 fully saturated rings. The third-order valence-corrected chi connectivity index (χ3v) is 11.5. The van der Waals surface area contributed by atoms with Crippen LogP contribution in [0, 0.1) is 0 Å². The summed E-state index contributed by atoms with van der Waals surface area (Å²) in [6, 6.07) is 79.6. The molecule has 0 saturated heterocycles. The molecule has 0 amide bonds. The SMILES string of the molecule is c1ccc(-c2cccc(-c3nc(-c4ccc5cc(-c6ccccc6-c6ccccc6)ccc5c4)nc(-c4cc(-c5ccc6ccccc6c5)c5ccccc5c4)n3)c2)cc1.